The number of carbonyl (C=O) groups excluding carboxylic acids is 1. The van der Waals surface area contributed by atoms with E-state index in [4.69, 9.17) is 11.6 Å². The van der Waals surface area contributed by atoms with Crippen molar-refractivity contribution >= 4 is 17.5 Å². The normalized spacial score (nSPS) is 19.8. The van der Waals surface area contributed by atoms with Gasteiger partial charge in [-0.05, 0) is 53.1 Å². The molecule has 1 amide bonds. The largest absolute Gasteiger partial charge is 0.342 e. The van der Waals surface area contributed by atoms with Crippen molar-refractivity contribution in [2.75, 3.05) is 13.6 Å². The molecule has 0 spiro atoms. The number of hydrogen-bond acceptors (Lipinski definition) is 5. The van der Waals surface area contributed by atoms with E-state index in [1.54, 1.807) is 18.7 Å². The van der Waals surface area contributed by atoms with E-state index in [0.717, 1.165) is 6.54 Å². The molecular weight excluding hydrogens is 290 g/mol. The van der Waals surface area contributed by atoms with Crippen molar-refractivity contribution in [3.8, 4) is 0 Å². The predicted octanol–water partition coefficient (Wildman–Crippen LogP) is 1.75. The average Bonchev–Trinajstić information content (AvgIpc) is 2.22. The molecule has 1 aromatic rings. The van der Waals surface area contributed by atoms with Crippen LogP contribution in [0.3, 0.4) is 0 Å². The summed E-state index contributed by atoms with van der Waals surface area (Å²) in [6.45, 7) is 12.4. The summed E-state index contributed by atoms with van der Waals surface area (Å²) < 4.78 is 0. The maximum Gasteiger partial charge on any atom is 0.242 e. The number of aryl methyl sites for hydroxylation is 2. The summed E-state index contributed by atoms with van der Waals surface area (Å²) in [5.74, 6) is 1.49. The van der Waals surface area contributed by atoms with Crippen LogP contribution in [0.1, 0.15) is 39.3 Å². The number of amides is 1. The van der Waals surface area contributed by atoms with Crippen LogP contribution in [-0.2, 0) is 4.79 Å². The van der Waals surface area contributed by atoms with Gasteiger partial charge in [0.15, 0.2) is 0 Å². The van der Waals surface area contributed by atoms with Gasteiger partial charge in [0.1, 0.15) is 11.6 Å². The second-order valence-corrected chi connectivity index (χ2v) is 6.83. The summed E-state index contributed by atoms with van der Waals surface area (Å²) >= 11 is 5.49. The first-order valence-corrected chi connectivity index (χ1v) is 7.20. The molecule has 0 saturated carbocycles. The molecule has 0 atom stereocenters. The first-order valence-electron chi connectivity index (χ1n) is 6.83. The molecule has 0 bridgehead atoms. The molecule has 1 aliphatic rings. The quantitative estimate of drug-likeness (QED) is 0.790. The second kappa shape index (κ2) is 6.23. The number of piperazine rings is 1. The summed E-state index contributed by atoms with van der Waals surface area (Å²) in [5.41, 5.74) is -0.400. The molecule has 7 heteroatoms. The van der Waals surface area contributed by atoms with Crippen molar-refractivity contribution in [2.24, 2.45) is 0 Å². The number of halogens is 1. The molecule has 118 valence electrons. The molecule has 1 fully saturated rings. The van der Waals surface area contributed by atoms with Crippen molar-refractivity contribution in [2.45, 2.75) is 52.6 Å². The number of hydrogen-bond donors (Lipinski definition) is 1. The Morgan fingerprint density at radius 3 is 1.95 bits per heavy atom. The van der Waals surface area contributed by atoms with Crippen molar-refractivity contribution in [1.29, 1.82) is 0 Å². The van der Waals surface area contributed by atoms with E-state index in [0.29, 0.717) is 11.6 Å². The highest BCUT2D eigenvalue weighted by Crippen LogP contribution is 2.20. The van der Waals surface area contributed by atoms with E-state index in [1.807, 2.05) is 20.9 Å². The minimum Gasteiger partial charge on any atom is -0.342 e. The van der Waals surface area contributed by atoms with Crippen LogP contribution in [0.5, 0.6) is 0 Å². The van der Waals surface area contributed by atoms with Gasteiger partial charge in [-0.25, -0.2) is 15.0 Å². The molecule has 0 aliphatic carbocycles. The maximum absolute atomic E-state index is 11.6. The Bertz CT molecular complexity index is 480. The van der Waals surface area contributed by atoms with Crippen molar-refractivity contribution < 1.29 is 4.79 Å². The summed E-state index contributed by atoms with van der Waals surface area (Å²) in [6.07, 6.45) is 0. The first-order chi connectivity index (χ1) is 9.43. The van der Waals surface area contributed by atoms with Crippen molar-refractivity contribution in [1.82, 2.24) is 25.2 Å². The zero-order chi connectivity index (χ0) is 16.4. The summed E-state index contributed by atoms with van der Waals surface area (Å²) in [4.78, 5) is 24.9. The van der Waals surface area contributed by atoms with Gasteiger partial charge >= 0.3 is 0 Å². The summed E-state index contributed by atoms with van der Waals surface area (Å²) in [6, 6.07) is 0. The molecule has 1 aliphatic heterocycles. The smallest absolute Gasteiger partial charge is 0.242 e. The van der Waals surface area contributed by atoms with Gasteiger partial charge in [0.25, 0.3) is 0 Å². The first kappa shape index (κ1) is 17.8. The zero-order valence-corrected chi connectivity index (χ0v) is 14.5. The second-order valence-electron chi connectivity index (χ2n) is 6.49. The highest BCUT2D eigenvalue weighted by atomic mass is 35.5. The van der Waals surface area contributed by atoms with Crippen LogP contribution in [0.25, 0.3) is 0 Å². The van der Waals surface area contributed by atoms with Crippen LogP contribution in [-0.4, -0.2) is 50.4 Å². The monoisotopic (exact) mass is 313 g/mol. The Morgan fingerprint density at radius 1 is 1.10 bits per heavy atom. The molecule has 0 aromatic carbocycles. The Morgan fingerprint density at radius 2 is 1.57 bits per heavy atom. The maximum atomic E-state index is 11.6. The number of nitrogens with one attached hydrogen (secondary N) is 1. The van der Waals surface area contributed by atoms with Gasteiger partial charge in [-0.2, -0.15) is 0 Å². The van der Waals surface area contributed by atoms with E-state index in [2.05, 4.69) is 34.1 Å². The van der Waals surface area contributed by atoms with Gasteiger partial charge in [0, 0.05) is 19.1 Å². The van der Waals surface area contributed by atoms with Crippen LogP contribution in [0.15, 0.2) is 0 Å². The van der Waals surface area contributed by atoms with E-state index in [9.17, 15) is 4.79 Å². The summed E-state index contributed by atoms with van der Waals surface area (Å²) in [7, 11) is 1.85. The fourth-order valence-corrected chi connectivity index (χ4v) is 2.90. The topological polar surface area (TPSA) is 71.0 Å². The van der Waals surface area contributed by atoms with Gasteiger partial charge in [-0.3, -0.25) is 10.1 Å². The number of carbonyl (C=O) groups is 1. The fourth-order valence-electron chi connectivity index (χ4n) is 2.66. The molecule has 1 saturated heterocycles. The van der Waals surface area contributed by atoms with Gasteiger partial charge in [0.2, 0.25) is 11.2 Å². The SMILES string of the molecule is CN1CC(C)(C)NC(C)(C)C1=O.Cc1nc(C)nc(Cl)n1. The molecule has 6 nitrogen and oxygen atoms in total. The van der Waals surface area contributed by atoms with Gasteiger partial charge < -0.3 is 4.90 Å². The molecule has 21 heavy (non-hydrogen) atoms. The number of likely N-dealkylation sites (N-methyl/N-ethyl adjacent to an activating group) is 1. The van der Waals surface area contributed by atoms with E-state index >= 15 is 0 Å². The van der Waals surface area contributed by atoms with Crippen molar-refractivity contribution in [3.63, 3.8) is 0 Å². The minimum atomic E-state index is -0.420. The average molecular weight is 314 g/mol. The fraction of sp³-hybridized carbons (Fsp3) is 0.714. The van der Waals surface area contributed by atoms with Gasteiger partial charge in [-0.15, -0.1) is 0 Å². The summed E-state index contributed by atoms with van der Waals surface area (Å²) in [5, 5.41) is 3.58. The highest BCUT2D eigenvalue weighted by molar-refractivity contribution is 6.28. The lowest BCUT2D eigenvalue weighted by Gasteiger charge is -2.45. The minimum absolute atomic E-state index is 0.0200. The third kappa shape index (κ3) is 5.21. The predicted molar refractivity (Wildman–Crippen MR) is 83.2 cm³/mol. The number of nitrogens with zero attached hydrogens (tertiary/aromatic N) is 4. The lowest BCUT2D eigenvalue weighted by molar-refractivity contribution is -0.141. The highest BCUT2D eigenvalue weighted by Gasteiger charge is 2.41. The van der Waals surface area contributed by atoms with E-state index in [-0.39, 0.29) is 16.7 Å². The van der Waals surface area contributed by atoms with Crippen LogP contribution in [0, 0.1) is 13.8 Å². The molecule has 2 rings (SSSR count). The Balaban J connectivity index is 0.000000219. The standard InChI is InChI=1S/C9H18N2O.C5H6ClN3/c1-8(2)6-11(5)7(12)9(3,4)10-8;1-3-7-4(2)9-5(6)8-3/h10H,6H2,1-5H3;1-2H3. The Kier molecular flexibility index (Phi) is 5.28. The van der Waals surface area contributed by atoms with E-state index < -0.39 is 5.54 Å². The molecule has 1 N–H and O–H groups in total. The van der Waals surface area contributed by atoms with Crippen LogP contribution in [0.2, 0.25) is 5.28 Å². The van der Waals surface area contributed by atoms with Crippen LogP contribution in [0.4, 0.5) is 0 Å². The molecule has 0 radical (unpaired) electrons. The third-order valence-electron chi connectivity index (χ3n) is 3.00. The lowest BCUT2D eigenvalue weighted by Crippen LogP contribution is -2.68. The van der Waals surface area contributed by atoms with Crippen molar-refractivity contribution in [3.05, 3.63) is 16.9 Å². The number of rotatable bonds is 0. The lowest BCUT2D eigenvalue weighted by atomic mass is 9.91. The van der Waals surface area contributed by atoms with Crippen LogP contribution >= 0.6 is 11.6 Å². The third-order valence-corrected chi connectivity index (χ3v) is 3.17. The molecular formula is C14H24ClN5O. The molecule has 0 unspecified atom stereocenters. The number of aromatic nitrogens is 3. The zero-order valence-electron chi connectivity index (χ0n) is 13.8. The van der Waals surface area contributed by atoms with E-state index in [1.165, 1.54) is 0 Å². The molecule has 1 aromatic heterocycles. The Labute approximate surface area is 131 Å². The van der Waals surface area contributed by atoms with Gasteiger partial charge in [-0.1, -0.05) is 0 Å². The molecule has 2 heterocycles. The van der Waals surface area contributed by atoms with Crippen LogP contribution < -0.4 is 5.32 Å². The van der Waals surface area contributed by atoms with Gasteiger partial charge in [0.05, 0.1) is 5.54 Å². The Hall–Kier alpha value is -1.27.